The van der Waals surface area contributed by atoms with E-state index >= 15 is 0 Å². The Labute approximate surface area is 114 Å². The van der Waals surface area contributed by atoms with Crippen molar-refractivity contribution in [2.45, 2.75) is 19.7 Å². The molecule has 0 fully saturated rings. The molecule has 1 N–H and O–H groups in total. The predicted octanol–water partition coefficient (Wildman–Crippen LogP) is 1.29. The van der Waals surface area contributed by atoms with Gasteiger partial charge in [0.05, 0.1) is 24.0 Å². The lowest BCUT2D eigenvalue weighted by molar-refractivity contribution is -0.386. The fraction of sp³-hybridized carbons (Fsp3) is 0.400. The summed E-state index contributed by atoms with van der Waals surface area (Å²) in [4.78, 5) is 33.8. The maximum absolute atomic E-state index is 12.2. The molecule has 0 saturated heterocycles. The van der Waals surface area contributed by atoms with Gasteiger partial charge in [-0.1, -0.05) is 0 Å². The molecule has 0 aromatic carbocycles. The van der Waals surface area contributed by atoms with Crippen molar-refractivity contribution in [2.24, 2.45) is 0 Å². The van der Waals surface area contributed by atoms with Gasteiger partial charge in [0.1, 0.15) is 5.56 Å². The maximum Gasteiger partial charge on any atom is 0.574 e. The van der Waals surface area contributed by atoms with Gasteiger partial charge in [0, 0.05) is 0 Å². The average molecular weight is 310 g/mol. The van der Waals surface area contributed by atoms with Crippen molar-refractivity contribution in [2.75, 3.05) is 6.61 Å². The number of ether oxygens (including phenoxy) is 2. The number of rotatable bonds is 5. The summed E-state index contributed by atoms with van der Waals surface area (Å²) in [5.74, 6) is -2.21. The summed E-state index contributed by atoms with van der Waals surface area (Å²) in [5, 5.41) is 10.8. The number of aromatic nitrogens is 1. The number of halogens is 3. The molecular weight excluding hydrogens is 301 g/mol. The predicted molar refractivity (Wildman–Crippen MR) is 60.7 cm³/mol. The third-order valence-electron chi connectivity index (χ3n) is 2.13. The van der Waals surface area contributed by atoms with Crippen molar-refractivity contribution in [3.05, 3.63) is 32.1 Å². The molecule has 8 nitrogen and oxygen atoms in total. The molecule has 1 rings (SSSR count). The van der Waals surface area contributed by atoms with E-state index in [1.54, 1.807) is 4.98 Å². The summed E-state index contributed by atoms with van der Waals surface area (Å²) in [6.07, 6.45) is -6.05. The quantitative estimate of drug-likeness (QED) is 0.498. The molecule has 1 aromatic rings. The molecule has 1 heterocycles. The van der Waals surface area contributed by atoms with Gasteiger partial charge in [0.15, 0.2) is 0 Å². The van der Waals surface area contributed by atoms with Crippen LogP contribution in [-0.2, 0) is 16.0 Å². The lowest BCUT2D eigenvalue weighted by Crippen LogP contribution is -2.23. The summed E-state index contributed by atoms with van der Waals surface area (Å²) < 4.78 is 44.7. The van der Waals surface area contributed by atoms with Crippen molar-refractivity contribution in [1.82, 2.24) is 4.98 Å². The second-order valence-corrected chi connectivity index (χ2v) is 3.61. The van der Waals surface area contributed by atoms with E-state index in [0.29, 0.717) is 6.07 Å². The molecule has 0 amide bonds. The van der Waals surface area contributed by atoms with Crippen molar-refractivity contribution < 1.29 is 32.4 Å². The highest BCUT2D eigenvalue weighted by atomic mass is 19.4. The third-order valence-corrected chi connectivity index (χ3v) is 2.13. The van der Waals surface area contributed by atoms with E-state index < -0.39 is 46.4 Å². The highest BCUT2D eigenvalue weighted by Crippen LogP contribution is 2.29. The molecular formula is C10H9F3N2O6. The number of H-pyrrole nitrogens is 1. The number of hydrogen-bond donors (Lipinski definition) is 1. The van der Waals surface area contributed by atoms with Crippen LogP contribution >= 0.6 is 0 Å². The monoisotopic (exact) mass is 310 g/mol. The highest BCUT2D eigenvalue weighted by Gasteiger charge is 2.35. The molecule has 0 atom stereocenters. The van der Waals surface area contributed by atoms with Crippen LogP contribution in [0.15, 0.2) is 10.9 Å². The van der Waals surface area contributed by atoms with Gasteiger partial charge in [0.2, 0.25) is 5.88 Å². The minimum Gasteiger partial charge on any atom is -0.466 e. The summed E-state index contributed by atoms with van der Waals surface area (Å²) in [6, 6.07) is 0.456. The first-order valence-corrected chi connectivity index (χ1v) is 5.46. The van der Waals surface area contributed by atoms with E-state index in [4.69, 9.17) is 0 Å². The maximum atomic E-state index is 12.2. The minimum absolute atomic E-state index is 0.0640. The summed E-state index contributed by atoms with van der Waals surface area (Å²) in [5.41, 5.74) is -2.87. The fourth-order valence-electron chi connectivity index (χ4n) is 1.44. The van der Waals surface area contributed by atoms with Gasteiger partial charge in [-0.3, -0.25) is 24.7 Å². The Morgan fingerprint density at radius 1 is 1.48 bits per heavy atom. The molecule has 1 aromatic heterocycles. The second-order valence-electron chi connectivity index (χ2n) is 3.61. The number of hydrogen-bond acceptors (Lipinski definition) is 6. The Hall–Kier alpha value is -2.59. The zero-order chi connectivity index (χ0) is 16.2. The Bertz CT molecular complexity index is 610. The molecule has 0 saturated carbocycles. The number of carbonyl (C=O) groups excluding carboxylic acids is 1. The first-order valence-electron chi connectivity index (χ1n) is 5.46. The number of nitrogens with zero attached hydrogens (tertiary/aromatic N) is 1. The molecule has 0 radical (unpaired) electrons. The van der Waals surface area contributed by atoms with Crippen LogP contribution in [0.1, 0.15) is 12.5 Å². The highest BCUT2D eigenvalue weighted by molar-refractivity contribution is 5.75. The molecule has 0 spiro atoms. The Morgan fingerprint density at radius 3 is 2.57 bits per heavy atom. The molecule has 0 bridgehead atoms. The van der Waals surface area contributed by atoms with Crippen LogP contribution in [0.3, 0.4) is 0 Å². The number of esters is 1. The Morgan fingerprint density at radius 2 is 2.10 bits per heavy atom. The first kappa shape index (κ1) is 16.5. The van der Waals surface area contributed by atoms with Gasteiger partial charge < -0.3 is 9.47 Å². The van der Waals surface area contributed by atoms with Gasteiger partial charge in [-0.05, 0) is 6.92 Å². The second kappa shape index (κ2) is 6.24. The molecule has 0 aliphatic heterocycles. The molecule has 21 heavy (non-hydrogen) atoms. The standard InChI is InChI=1S/C10H9F3N2O6/c1-2-20-8(17)3-5-6(15(18)19)4-7(16)14-9(5)21-10(11,12)13/h4H,2-3H2,1H3,(H,14,16). The Balaban J connectivity index is 3.36. The third kappa shape index (κ3) is 4.78. The number of pyridine rings is 1. The van der Waals surface area contributed by atoms with Crippen LogP contribution in [0.4, 0.5) is 18.9 Å². The number of alkyl halides is 3. The summed E-state index contributed by atoms with van der Waals surface area (Å²) in [7, 11) is 0. The van der Waals surface area contributed by atoms with Crippen LogP contribution in [0.5, 0.6) is 5.88 Å². The number of aromatic amines is 1. The summed E-state index contributed by atoms with van der Waals surface area (Å²) >= 11 is 0. The van der Waals surface area contributed by atoms with Crippen LogP contribution in [0, 0.1) is 10.1 Å². The number of nitro groups is 1. The van der Waals surface area contributed by atoms with Crippen LogP contribution in [-0.4, -0.2) is 28.8 Å². The van der Waals surface area contributed by atoms with Crippen molar-refractivity contribution in [3.8, 4) is 5.88 Å². The van der Waals surface area contributed by atoms with E-state index in [0.717, 1.165) is 0 Å². The zero-order valence-corrected chi connectivity index (χ0v) is 10.5. The lowest BCUT2D eigenvalue weighted by Gasteiger charge is -2.12. The summed E-state index contributed by atoms with van der Waals surface area (Å²) in [6.45, 7) is 1.39. The molecule has 116 valence electrons. The average Bonchev–Trinajstić information content (AvgIpc) is 2.30. The van der Waals surface area contributed by atoms with Crippen LogP contribution in [0.2, 0.25) is 0 Å². The van der Waals surface area contributed by atoms with Crippen molar-refractivity contribution in [3.63, 3.8) is 0 Å². The van der Waals surface area contributed by atoms with E-state index in [1.165, 1.54) is 6.92 Å². The normalized spacial score (nSPS) is 11.0. The van der Waals surface area contributed by atoms with Gasteiger partial charge >= 0.3 is 12.3 Å². The molecule has 0 unspecified atom stereocenters. The molecule has 0 aliphatic rings. The van der Waals surface area contributed by atoms with Gasteiger partial charge in [-0.25, -0.2) is 0 Å². The molecule has 0 aliphatic carbocycles. The van der Waals surface area contributed by atoms with E-state index in [1.807, 2.05) is 0 Å². The molecule has 11 heteroatoms. The number of nitrogens with one attached hydrogen (secondary N) is 1. The van der Waals surface area contributed by atoms with E-state index in [2.05, 4.69) is 9.47 Å². The van der Waals surface area contributed by atoms with E-state index in [-0.39, 0.29) is 6.61 Å². The first-order chi connectivity index (χ1) is 9.64. The van der Waals surface area contributed by atoms with Crippen LogP contribution in [0.25, 0.3) is 0 Å². The lowest BCUT2D eigenvalue weighted by atomic mass is 10.1. The van der Waals surface area contributed by atoms with Crippen molar-refractivity contribution >= 4 is 11.7 Å². The van der Waals surface area contributed by atoms with Gasteiger partial charge in [0.25, 0.3) is 11.2 Å². The van der Waals surface area contributed by atoms with Crippen molar-refractivity contribution in [1.29, 1.82) is 0 Å². The Kier molecular flexibility index (Phi) is 4.89. The largest absolute Gasteiger partial charge is 0.574 e. The smallest absolute Gasteiger partial charge is 0.466 e. The van der Waals surface area contributed by atoms with Gasteiger partial charge in [-0.15, -0.1) is 13.2 Å². The zero-order valence-electron chi connectivity index (χ0n) is 10.5. The van der Waals surface area contributed by atoms with E-state index in [9.17, 15) is 32.9 Å². The number of carbonyl (C=O) groups is 1. The van der Waals surface area contributed by atoms with Gasteiger partial charge in [-0.2, -0.15) is 0 Å². The minimum atomic E-state index is -5.19. The van der Waals surface area contributed by atoms with Crippen LogP contribution < -0.4 is 10.3 Å². The SMILES string of the molecule is CCOC(=O)Cc1c([N+](=O)[O-])cc(=O)[nH]c1OC(F)(F)F. The fourth-order valence-corrected chi connectivity index (χ4v) is 1.44. The topological polar surface area (TPSA) is 112 Å².